The Balaban J connectivity index is 1.90. The molecule has 2 aromatic carbocycles. The van der Waals surface area contributed by atoms with E-state index in [0.717, 1.165) is 29.9 Å². The normalized spacial score (nSPS) is 13.9. The van der Waals surface area contributed by atoms with Crippen LogP contribution < -0.4 is 4.90 Å². The maximum atomic E-state index is 7.40. The van der Waals surface area contributed by atoms with Gasteiger partial charge in [0.1, 0.15) is 11.4 Å². The fraction of sp³-hybridized carbons (Fsp3) is 0.200. The van der Waals surface area contributed by atoms with E-state index in [0.29, 0.717) is 12.1 Å². The van der Waals surface area contributed by atoms with Crippen LogP contribution in [0.3, 0.4) is 0 Å². The maximum absolute atomic E-state index is 7.40. The van der Waals surface area contributed by atoms with E-state index in [-0.39, 0.29) is 11.6 Å². The molecule has 0 spiro atoms. The Labute approximate surface area is 178 Å². The molecule has 0 unspecified atom stereocenters. The summed E-state index contributed by atoms with van der Waals surface area (Å²) in [5.74, 6) is 0.0725. The average molecular weight is 393 g/mol. The zero-order valence-corrected chi connectivity index (χ0v) is 17.2. The van der Waals surface area contributed by atoms with Crippen molar-refractivity contribution < 1.29 is 0 Å². The molecule has 0 fully saturated rings. The van der Waals surface area contributed by atoms with E-state index in [9.17, 15) is 0 Å². The first-order valence-electron chi connectivity index (χ1n) is 9.91. The summed E-state index contributed by atoms with van der Waals surface area (Å²) in [5.41, 5.74) is 4.61. The van der Waals surface area contributed by atoms with Crippen LogP contribution in [0.4, 0.5) is 5.69 Å². The second kappa shape index (κ2) is 10.0. The molecule has 0 aromatic heterocycles. The smallest absolute Gasteiger partial charge is 0.293 e. The van der Waals surface area contributed by atoms with Crippen LogP contribution in [0.5, 0.6) is 0 Å². The lowest BCUT2D eigenvalue weighted by molar-refractivity contribution is 0.866. The molecule has 5 heteroatoms. The van der Waals surface area contributed by atoms with Crippen LogP contribution in [0.2, 0.25) is 0 Å². The molecule has 1 heterocycles. The molecule has 0 saturated heterocycles. The Hall–Kier alpha value is -3.96. The van der Waals surface area contributed by atoms with Gasteiger partial charge in [-0.25, -0.2) is 0 Å². The van der Waals surface area contributed by atoms with Gasteiger partial charge in [0.05, 0.1) is 6.42 Å². The van der Waals surface area contributed by atoms with Gasteiger partial charge in [0, 0.05) is 24.3 Å². The Morgan fingerprint density at radius 2 is 1.50 bits per heavy atom. The first kappa shape index (κ1) is 20.8. The Bertz CT molecular complexity index is 1090. The standard InChI is InChI=1S/C25H23N5/c1-5-30(6-2)22-16-13-19(14-17-22)12-15-21-18-23(20-10-8-7-9-11-20)29-25(27-4)24(26-3)28-21/h7-17H,5-6,18H2,1-2H3/b15-12+. The van der Waals surface area contributed by atoms with E-state index in [1.54, 1.807) is 0 Å². The molecule has 2 aromatic rings. The van der Waals surface area contributed by atoms with Crippen molar-refractivity contribution in [3.63, 3.8) is 0 Å². The highest BCUT2D eigenvalue weighted by atomic mass is 15.1. The summed E-state index contributed by atoms with van der Waals surface area (Å²) in [6, 6.07) is 18.1. The van der Waals surface area contributed by atoms with Crippen molar-refractivity contribution in [2.24, 2.45) is 9.98 Å². The van der Waals surface area contributed by atoms with Gasteiger partial charge in [-0.3, -0.25) is 0 Å². The summed E-state index contributed by atoms with van der Waals surface area (Å²) < 4.78 is 0. The Kier molecular flexibility index (Phi) is 6.92. The molecule has 5 nitrogen and oxygen atoms in total. The van der Waals surface area contributed by atoms with E-state index in [1.165, 1.54) is 5.69 Å². The summed E-state index contributed by atoms with van der Waals surface area (Å²) in [7, 11) is 0. The number of rotatable bonds is 6. The van der Waals surface area contributed by atoms with Crippen LogP contribution >= 0.6 is 0 Å². The van der Waals surface area contributed by atoms with Crippen molar-refractivity contribution in [1.29, 1.82) is 0 Å². The third kappa shape index (κ3) is 4.90. The summed E-state index contributed by atoms with van der Waals surface area (Å²) >= 11 is 0. The third-order valence-corrected chi connectivity index (χ3v) is 4.85. The zero-order valence-electron chi connectivity index (χ0n) is 17.2. The van der Waals surface area contributed by atoms with E-state index in [2.05, 4.69) is 62.7 Å². The maximum Gasteiger partial charge on any atom is 0.293 e. The predicted octanol–water partition coefficient (Wildman–Crippen LogP) is 5.85. The molecule has 148 valence electrons. The van der Waals surface area contributed by atoms with Crippen molar-refractivity contribution in [2.45, 2.75) is 20.3 Å². The molecule has 1 aliphatic heterocycles. The van der Waals surface area contributed by atoms with Crippen LogP contribution in [-0.4, -0.2) is 24.5 Å². The molecule has 0 atom stereocenters. The van der Waals surface area contributed by atoms with E-state index < -0.39 is 0 Å². The number of benzene rings is 2. The number of anilines is 1. The molecular weight excluding hydrogens is 370 g/mol. The Morgan fingerprint density at radius 3 is 2.10 bits per heavy atom. The second-order valence-corrected chi connectivity index (χ2v) is 6.67. The summed E-state index contributed by atoms with van der Waals surface area (Å²) in [4.78, 5) is 18.0. The van der Waals surface area contributed by atoms with Crippen molar-refractivity contribution in [3.05, 3.63) is 106 Å². The monoisotopic (exact) mass is 393 g/mol. The van der Waals surface area contributed by atoms with Crippen LogP contribution in [0, 0.1) is 13.1 Å². The fourth-order valence-electron chi connectivity index (χ4n) is 3.24. The molecule has 30 heavy (non-hydrogen) atoms. The van der Waals surface area contributed by atoms with E-state index >= 15 is 0 Å². The molecule has 0 radical (unpaired) electrons. The van der Waals surface area contributed by atoms with Gasteiger partial charge in [0.2, 0.25) is 0 Å². The molecule has 0 amide bonds. The fourth-order valence-corrected chi connectivity index (χ4v) is 3.24. The summed E-state index contributed by atoms with van der Waals surface area (Å²) in [6.07, 6.45) is 4.34. The molecular formula is C25H23N5. The van der Waals surface area contributed by atoms with Crippen LogP contribution in [0.1, 0.15) is 31.4 Å². The number of nitrogens with zero attached hydrogens (tertiary/aromatic N) is 5. The highest BCUT2D eigenvalue weighted by Gasteiger charge is 2.20. The number of allylic oxidation sites excluding steroid dienone is 1. The number of hydrogen-bond acceptors (Lipinski definition) is 3. The van der Waals surface area contributed by atoms with E-state index in [4.69, 9.17) is 13.1 Å². The van der Waals surface area contributed by atoms with Gasteiger partial charge in [0.15, 0.2) is 0 Å². The lowest BCUT2D eigenvalue weighted by Crippen LogP contribution is -2.21. The minimum Gasteiger partial charge on any atom is -0.372 e. The van der Waals surface area contributed by atoms with Gasteiger partial charge < -0.3 is 14.6 Å². The van der Waals surface area contributed by atoms with Gasteiger partial charge in [-0.05, 0) is 37.6 Å². The Morgan fingerprint density at radius 1 is 0.867 bits per heavy atom. The van der Waals surface area contributed by atoms with Crippen molar-refractivity contribution in [1.82, 2.24) is 0 Å². The first-order valence-corrected chi connectivity index (χ1v) is 9.91. The SMILES string of the molecule is [C-]#[N+]C1=C([N+]#[C-])N=C(c2ccccc2)CC(/C=C/c2ccc(N(CC)CC)cc2)=N1. The van der Waals surface area contributed by atoms with Crippen molar-refractivity contribution in [2.75, 3.05) is 18.0 Å². The first-order chi connectivity index (χ1) is 14.7. The number of aliphatic imine (C=N–C) groups is 2. The lowest BCUT2D eigenvalue weighted by atomic mass is 10.0. The van der Waals surface area contributed by atoms with Gasteiger partial charge in [-0.1, -0.05) is 61.7 Å². The highest BCUT2D eigenvalue weighted by Crippen LogP contribution is 2.21. The van der Waals surface area contributed by atoms with Gasteiger partial charge in [-0.2, -0.15) is 0 Å². The summed E-state index contributed by atoms with van der Waals surface area (Å²) in [6.45, 7) is 21.0. The van der Waals surface area contributed by atoms with Crippen molar-refractivity contribution in [3.8, 4) is 0 Å². The highest BCUT2D eigenvalue weighted by molar-refractivity contribution is 6.17. The van der Waals surface area contributed by atoms with Gasteiger partial charge in [-0.15, -0.1) is 9.98 Å². The summed E-state index contributed by atoms with van der Waals surface area (Å²) in [5, 5.41) is 0. The topological polar surface area (TPSA) is 36.7 Å². The molecule has 0 bridgehead atoms. The second-order valence-electron chi connectivity index (χ2n) is 6.67. The lowest BCUT2D eigenvalue weighted by Gasteiger charge is -2.20. The minimum absolute atomic E-state index is 0.0347. The quantitative estimate of drug-likeness (QED) is 0.568. The van der Waals surface area contributed by atoms with Crippen LogP contribution in [0.25, 0.3) is 15.8 Å². The van der Waals surface area contributed by atoms with E-state index in [1.807, 2.05) is 42.5 Å². The molecule has 0 aliphatic carbocycles. The van der Waals surface area contributed by atoms with Crippen LogP contribution in [-0.2, 0) is 0 Å². The predicted molar refractivity (Wildman–Crippen MR) is 124 cm³/mol. The minimum atomic E-state index is 0.0347. The molecule has 0 saturated carbocycles. The van der Waals surface area contributed by atoms with Gasteiger partial charge >= 0.3 is 0 Å². The molecule has 1 aliphatic rings. The van der Waals surface area contributed by atoms with Gasteiger partial charge in [0.25, 0.3) is 11.6 Å². The molecule has 0 N–H and O–H groups in total. The zero-order chi connectivity index (χ0) is 21.3. The largest absolute Gasteiger partial charge is 0.372 e. The van der Waals surface area contributed by atoms with Crippen LogP contribution in [0.15, 0.2) is 82.3 Å². The van der Waals surface area contributed by atoms with Crippen molar-refractivity contribution >= 4 is 23.2 Å². The average Bonchev–Trinajstić information content (AvgIpc) is 2.99. The third-order valence-electron chi connectivity index (χ3n) is 4.85. The molecule has 3 rings (SSSR count). The number of hydrogen-bond donors (Lipinski definition) is 0.